The fraction of sp³-hybridized carbons (Fsp3) is 0.440. The predicted octanol–water partition coefficient (Wildman–Crippen LogP) is 5.38. The molecule has 9 heteroatoms. The summed E-state index contributed by atoms with van der Waals surface area (Å²) in [6.45, 7) is 3.75. The molecule has 1 saturated carbocycles. The molecule has 0 radical (unpaired) electrons. The second-order valence-electron chi connectivity index (χ2n) is 8.05. The van der Waals surface area contributed by atoms with Gasteiger partial charge >= 0.3 is 12.1 Å². The highest BCUT2D eigenvalue weighted by atomic mass is 19.4. The number of methoxy groups -OCH3 is 1. The minimum absolute atomic E-state index is 0.0394. The Bertz CT molecular complexity index is 1060. The summed E-state index contributed by atoms with van der Waals surface area (Å²) in [5, 5.41) is 0. The lowest BCUT2D eigenvalue weighted by atomic mass is 9.89. The van der Waals surface area contributed by atoms with Gasteiger partial charge in [0.2, 0.25) is 5.91 Å². The average Bonchev–Trinajstić information content (AvgIpc) is 3.63. The number of halogens is 4. The Kier molecular flexibility index (Phi) is 7.84. The summed E-state index contributed by atoms with van der Waals surface area (Å²) in [5.41, 5.74) is -1.87. The average molecular weight is 481 g/mol. The maximum absolute atomic E-state index is 14.9. The van der Waals surface area contributed by atoms with Crippen molar-refractivity contribution in [1.29, 1.82) is 0 Å². The number of amides is 1. The first-order valence-corrected chi connectivity index (χ1v) is 11.1. The third-order valence-corrected chi connectivity index (χ3v) is 5.74. The number of rotatable bonds is 9. The van der Waals surface area contributed by atoms with E-state index in [1.54, 1.807) is 30.0 Å². The molecule has 0 unspecified atom stereocenters. The first-order valence-electron chi connectivity index (χ1n) is 11.1. The van der Waals surface area contributed by atoms with E-state index in [9.17, 15) is 27.2 Å². The SMILES string of the molecule is CCOC(=O)Cc1c(F)cc(OC)c(-c2ccccc2CN(CC)C(=O)C2CC2)c1C(F)(F)F. The van der Waals surface area contributed by atoms with Gasteiger partial charge < -0.3 is 14.4 Å². The van der Waals surface area contributed by atoms with Crippen molar-refractivity contribution in [2.45, 2.75) is 45.8 Å². The first kappa shape index (κ1) is 25.5. The molecule has 1 amide bonds. The number of esters is 1. The molecule has 1 aliphatic rings. The van der Waals surface area contributed by atoms with E-state index in [1.807, 2.05) is 0 Å². The molecule has 0 aromatic heterocycles. The lowest BCUT2D eigenvalue weighted by molar-refractivity contribution is -0.143. The van der Waals surface area contributed by atoms with Crippen LogP contribution in [0.25, 0.3) is 11.1 Å². The van der Waals surface area contributed by atoms with Gasteiger partial charge in [-0.05, 0) is 37.8 Å². The molecule has 1 aliphatic carbocycles. The van der Waals surface area contributed by atoms with Crippen molar-refractivity contribution in [3.05, 3.63) is 52.8 Å². The first-order chi connectivity index (χ1) is 16.1. The van der Waals surface area contributed by atoms with Gasteiger partial charge in [0.1, 0.15) is 11.6 Å². The molecule has 0 aliphatic heterocycles. The smallest absolute Gasteiger partial charge is 0.417 e. The molecule has 0 atom stereocenters. The Morgan fingerprint density at radius 1 is 1.15 bits per heavy atom. The zero-order chi connectivity index (χ0) is 25.0. The summed E-state index contributed by atoms with van der Waals surface area (Å²) < 4.78 is 68.0. The van der Waals surface area contributed by atoms with Crippen molar-refractivity contribution < 1.29 is 36.6 Å². The number of benzene rings is 2. The van der Waals surface area contributed by atoms with E-state index < -0.39 is 35.5 Å². The summed E-state index contributed by atoms with van der Waals surface area (Å²) >= 11 is 0. The van der Waals surface area contributed by atoms with Gasteiger partial charge in [0.15, 0.2) is 0 Å². The fourth-order valence-corrected chi connectivity index (χ4v) is 3.98. The molecule has 34 heavy (non-hydrogen) atoms. The van der Waals surface area contributed by atoms with Crippen LogP contribution < -0.4 is 4.74 Å². The predicted molar refractivity (Wildman–Crippen MR) is 118 cm³/mol. The van der Waals surface area contributed by atoms with Gasteiger partial charge in [0.05, 0.1) is 25.7 Å². The van der Waals surface area contributed by atoms with Gasteiger partial charge in [0, 0.05) is 36.2 Å². The Labute approximate surface area is 195 Å². The van der Waals surface area contributed by atoms with Crippen LogP contribution in [0.3, 0.4) is 0 Å². The highest BCUT2D eigenvalue weighted by Crippen LogP contribution is 2.46. The van der Waals surface area contributed by atoms with Crippen LogP contribution in [0.5, 0.6) is 5.75 Å². The number of carbonyl (C=O) groups is 2. The number of ether oxygens (including phenoxy) is 2. The van der Waals surface area contributed by atoms with Crippen molar-refractivity contribution in [2.75, 3.05) is 20.3 Å². The van der Waals surface area contributed by atoms with Crippen LogP contribution in [0.15, 0.2) is 30.3 Å². The maximum atomic E-state index is 14.9. The zero-order valence-electron chi connectivity index (χ0n) is 19.3. The fourth-order valence-electron chi connectivity index (χ4n) is 3.98. The molecule has 0 spiro atoms. The Balaban J connectivity index is 2.21. The Hall–Kier alpha value is -3.10. The van der Waals surface area contributed by atoms with Gasteiger partial charge in [-0.2, -0.15) is 13.2 Å². The van der Waals surface area contributed by atoms with Crippen molar-refractivity contribution in [3.8, 4) is 16.9 Å². The molecule has 184 valence electrons. The van der Waals surface area contributed by atoms with Crippen LogP contribution in [0.4, 0.5) is 17.6 Å². The van der Waals surface area contributed by atoms with Gasteiger partial charge in [0.25, 0.3) is 0 Å². The second-order valence-corrected chi connectivity index (χ2v) is 8.05. The molecular weight excluding hydrogens is 454 g/mol. The molecule has 0 heterocycles. The number of hydrogen-bond acceptors (Lipinski definition) is 4. The molecule has 5 nitrogen and oxygen atoms in total. The van der Waals surface area contributed by atoms with Crippen LogP contribution in [-0.2, 0) is 33.5 Å². The van der Waals surface area contributed by atoms with Crippen LogP contribution >= 0.6 is 0 Å². The van der Waals surface area contributed by atoms with Crippen LogP contribution in [0, 0.1) is 11.7 Å². The Morgan fingerprint density at radius 2 is 1.82 bits per heavy atom. The molecule has 2 aromatic carbocycles. The van der Waals surface area contributed by atoms with Gasteiger partial charge in [-0.15, -0.1) is 0 Å². The highest BCUT2D eigenvalue weighted by molar-refractivity contribution is 5.83. The molecule has 3 rings (SSSR count). The van der Waals surface area contributed by atoms with Crippen molar-refractivity contribution in [3.63, 3.8) is 0 Å². The summed E-state index contributed by atoms with van der Waals surface area (Å²) in [6.07, 6.45) is -4.26. The van der Waals surface area contributed by atoms with Gasteiger partial charge in [-0.1, -0.05) is 24.3 Å². The number of alkyl halides is 3. The third kappa shape index (κ3) is 5.51. The summed E-state index contributed by atoms with van der Waals surface area (Å²) in [6, 6.07) is 7.18. The minimum atomic E-state index is -4.99. The van der Waals surface area contributed by atoms with Crippen molar-refractivity contribution in [2.24, 2.45) is 5.92 Å². The molecule has 1 fully saturated rings. The summed E-state index contributed by atoms with van der Waals surface area (Å²) in [4.78, 5) is 26.2. The number of hydrogen-bond donors (Lipinski definition) is 0. The molecular formula is C25H27F4NO4. The van der Waals surface area contributed by atoms with Crippen LogP contribution in [-0.4, -0.2) is 37.0 Å². The molecule has 2 aromatic rings. The van der Waals surface area contributed by atoms with E-state index in [2.05, 4.69) is 0 Å². The van der Waals surface area contributed by atoms with E-state index in [0.29, 0.717) is 12.1 Å². The van der Waals surface area contributed by atoms with Crippen molar-refractivity contribution in [1.82, 2.24) is 4.90 Å². The Morgan fingerprint density at radius 3 is 2.38 bits per heavy atom. The summed E-state index contributed by atoms with van der Waals surface area (Å²) in [5.74, 6) is -2.58. The maximum Gasteiger partial charge on any atom is 0.417 e. The zero-order valence-corrected chi connectivity index (χ0v) is 19.3. The second kappa shape index (κ2) is 10.4. The van der Waals surface area contributed by atoms with Gasteiger partial charge in [-0.3, -0.25) is 9.59 Å². The third-order valence-electron chi connectivity index (χ3n) is 5.74. The number of nitrogens with zero attached hydrogens (tertiary/aromatic N) is 1. The van der Waals surface area contributed by atoms with E-state index in [4.69, 9.17) is 9.47 Å². The van der Waals surface area contributed by atoms with Gasteiger partial charge in [-0.25, -0.2) is 4.39 Å². The molecule has 0 saturated heterocycles. The van der Waals surface area contributed by atoms with E-state index in [0.717, 1.165) is 26.0 Å². The van der Waals surface area contributed by atoms with Crippen LogP contribution in [0.2, 0.25) is 0 Å². The molecule has 0 bridgehead atoms. The van der Waals surface area contributed by atoms with E-state index in [-0.39, 0.29) is 41.9 Å². The standard InChI is InChI=1S/C25H27F4NO4/c1-4-30(24(32)15-10-11-15)14-16-8-6-7-9-17(16)22-20(33-3)13-19(26)18(12-21(31)34-5-2)23(22)25(27,28)29/h6-9,13,15H,4-5,10-12,14H2,1-3H3. The summed E-state index contributed by atoms with van der Waals surface area (Å²) in [7, 11) is 1.15. The normalized spacial score (nSPS) is 13.5. The quantitative estimate of drug-likeness (QED) is 0.356. The minimum Gasteiger partial charge on any atom is -0.496 e. The lowest BCUT2D eigenvalue weighted by Crippen LogP contribution is -2.31. The topological polar surface area (TPSA) is 55.8 Å². The lowest BCUT2D eigenvalue weighted by Gasteiger charge is -2.25. The largest absolute Gasteiger partial charge is 0.496 e. The molecule has 0 N–H and O–H groups in total. The van der Waals surface area contributed by atoms with Crippen LogP contribution in [0.1, 0.15) is 43.4 Å². The monoisotopic (exact) mass is 481 g/mol. The van der Waals surface area contributed by atoms with Crippen molar-refractivity contribution >= 4 is 11.9 Å². The van der Waals surface area contributed by atoms with E-state index >= 15 is 0 Å². The highest BCUT2D eigenvalue weighted by Gasteiger charge is 2.41. The number of carbonyl (C=O) groups excluding carboxylic acids is 2. The van der Waals surface area contributed by atoms with E-state index in [1.165, 1.54) is 13.0 Å².